The Morgan fingerprint density at radius 3 is 2.14 bits per heavy atom. The molecule has 1 amide bonds. The number of rotatable bonds is 9. The Balaban J connectivity index is 1.91. The van der Waals surface area contributed by atoms with Gasteiger partial charge in [0.25, 0.3) is 10.0 Å². The highest BCUT2D eigenvalue weighted by Gasteiger charge is 2.30. The highest BCUT2D eigenvalue weighted by Crippen LogP contribution is 2.31. The molecule has 0 saturated carbocycles. The van der Waals surface area contributed by atoms with E-state index >= 15 is 0 Å². The minimum Gasteiger partial charge on any atom is -0.495 e. The molecule has 3 aromatic carbocycles. The van der Waals surface area contributed by atoms with E-state index in [9.17, 15) is 18.0 Å². The largest absolute Gasteiger partial charge is 0.495 e. The average molecular weight is 497 g/mol. The SMILES string of the molecule is CCOC(=O)c1ccc(NC(=O)CN(c2ccc(C)cc2)S(=O)(=O)c2cc(C)ccc2OC)cc1. The van der Waals surface area contributed by atoms with Crippen molar-refractivity contribution in [3.8, 4) is 5.75 Å². The molecule has 0 unspecified atom stereocenters. The first-order valence-electron chi connectivity index (χ1n) is 11.0. The number of anilines is 2. The van der Waals surface area contributed by atoms with Crippen molar-refractivity contribution in [1.29, 1.82) is 0 Å². The molecule has 0 aliphatic heterocycles. The summed E-state index contributed by atoms with van der Waals surface area (Å²) in [5, 5.41) is 2.69. The maximum atomic E-state index is 13.7. The monoisotopic (exact) mass is 496 g/mol. The van der Waals surface area contributed by atoms with E-state index in [1.165, 1.54) is 25.3 Å². The lowest BCUT2D eigenvalue weighted by Crippen LogP contribution is -2.38. The zero-order valence-electron chi connectivity index (χ0n) is 20.1. The van der Waals surface area contributed by atoms with Crippen molar-refractivity contribution in [2.75, 3.05) is 29.9 Å². The second-order valence-corrected chi connectivity index (χ2v) is 9.68. The van der Waals surface area contributed by atoms with Crippen LogP contribution in [0, 0.1) is 13.8 Å². The molecule has 0 atom stereocenters. The number of aryl methyl sites for hydroxylation is 2. The minimum atomic E-state index is -4.16. The number of amides is 1. The molecule has 0 aliphatic carbocycles. The van der Waals surface area contributed by atoms with E-state index in [-0.39, 0.29) is 17.3 Å². The predicted octanol–water partition coefficient (Wildman–Crippen LogP) is 4.32. The van der Waals surface area contributed by atoms with Crippen LogP contribution in [0.1, 0.15) is 28.4 Å². The lowest BCUT2D eigenvalue weighted by molar-refractivity contribution is -0.114. The third kappa shape index (κ3) is 6.19. The summed E-state index contributed by atoms with van der Waals surface area (Å²) in [7, 11) is -2.76. The van der Waals surface area contributed by atoms with Gasteiger partial charge in [-0.05, 0) is 74.9 Å². The summed E-state index contributed by atoms with van der Waals surface area (Å²) < 4.78 is 38.8. The number of hydrogen-bond acceptors (Lipinski definition) is 6. The summed E-state index contributed by atoms with van der Waals surface area (Å²) in [5.41, 5.74) is 2.79. The minimum absolute atomic E-state index is 0.0350. The fourth-order valence-corrected chi connectivity index (χ4v) is 5.03. The van der Waals surface area contributed by atoms with Crippen molar-refractivity contribution in [3.05, 3.63) is 83.4 Å². The van der Waals surface area contributed by atoms with E-state index in [0.29, 0.717) is 16.9 Å². The molecule has 35 heavy (non-hydrogen) atoms. The molecule has 0 bridgehead atoms. The molecule has 0 radical (unpaired) electrons. The Hall–Kier alpha value is -3.85. The summed E-state index contributed by atoms with van der Waals surface area (Å²) >= 11 is 0. The van der Waals surface area contributed by atoms with Gasteiger partial charge in [-0.1, -0.05) is 23.8 Å². The zero-order chi connectivity index (χ0) is 25.6. The summed E-state index contributed by atoms with van der Waals surface area (Å²) in [6.45, 7) is 5.17. The van der Waals surface area contributed by atoms with Crippen LogP contribution < -0.4 is 14.4 Å². The molecule has 0 fully saturated rings. The smallest absolute Gasteiger partial charge is 0.338 e. The van der Waals surface area contributed by atoms with Crippen molar-refractivity contribution in [1.82, 2.24) is 0 Å². The average Bonchev–Trinajstić information content (AvgIpc) is 2.83. The molecule has 1 N–H and O–H groups in total. The first-order chi connectivity index (χ1) is 16.6. The van der Waals surface area contributed by atoms with Crippen LogP contribution in [0.4, 0.5) is 11.4 Å². The van der Waals surface area contributed by atoms with Gasteiger partial charge in [0.2, 0.25) is 5.91 Å². The molecule has 3 rings (SSSR count). The van der Waals surface area contributed by atoms with Crippen LogP contribution in [-0.4, -0.2) is 40.6 Å². The van der Waals surface area contributed by atoms with E-state index in [0.717, 1.165) is 15.4 Å². The Kier molecular flexibility index (Phi) is 8.14. The van der Waals surface area contributed by atoms with Crippen LogP contribution in [-0.2, 0) is 19.6 Å². The van der Waals surface area contributed by atoms with Crippen LogP contribution in [0.2, 0.25) is 0 Å². The highest BCUT2D eigenvalue weighted by atomic mass is 32.2. The zero-order valence-corrected chi connectivity index (χ0v) is 20.9. The predicted molar refractivity (Wildman–Crippen MR) is 134 cm³/mol. The maximum Gasteiger partial charge on any atom is 0.338 e. The second-order valence-electron chi connectivity index (χ2n) is 7.85. The third-order valence-electron chi connectivity index (χ3n) is 5.18. The molecule has 9 heteroatoms. The summed E-state index contributed by atoms with van der Waals surface area (Å²) in [5.74, 6) is -0.832. The number of carbonyl (C=O) groups is 2. The van der Waals surface area contributed by atoms with Gasteiger partial charge < -0.3 is 14.8 Å². The number of nitrogens with zero attached hydrogens (tertiary/aromatic N) is 1. The topological polar surface area (TPSA) is 102 Å². The van der Waals surface area contributed by atoms with Crippen molar-refractivity contribution >= 4 is 33.3 Å². The summed E-state index contributed by atoms with van der Waals surface area (Å²) in [4.78, 5) is 24.7. The fourth-order valence-electron chi connectivity index (χ4n) is 3.37. The molecule has 0 spiro atoms. The number of sulfonamides is 1. The quantitative estimate of drug-likeness (QED) is 0.443. The molecule has 8 nitrogen and oxygen atoms in total. The van der Waals surface area contributed by atoms with Crippen LogP contribution in [0.15, 0.2) is 71.6 Å². The number of hydrogen-bond donors (Lipinski definition) is 1. The molecule has 0 aliphatic rings. The van der Waals surface area contributed by atoms with Crippen LogP contribution in [0.3, 0.4) is 0 Å². The molecule has 3 aromatic rings. The number of methoxy groups -OCH3 is 1. The molecule has 0 heterocycles. The standard InChI is InChI=1S/C26H28N2O6S/c1-5-34-26(30)20-9-11-21(12-10-20)27-25(29)17-28(22-13-6-18(2)7-14-22)35(31,32)24-16-19(3)8-15-23(24)33-4/h6-16H,5,17H2,1-4H3,(H,27,29). The highest BCUT2D eigenvalue weighted by molar-refractivity contribution is 7.93. The number of esters is 1. The van der Waals surface area contributed by atoms with Crippen LogP contribution in [0.25, 0.3) is 0 Å². The van der Waals surface area contributed by atoms with E-state index in [2.05, 4.69) is 5.32 Å². The van der Waals surface area contributed by atoms with E-state index in [4.69, 9.17) is 9.47 Å². The number of carbonyl (C=O) groups excluding carboxylic acids is 2. The van der Waals surface area contributed by atoms with Crippen molar-refractivity contribution in [2.24, 2.45) is 0 Å². The fraction of sp³-hybridized carbons (Fsp3) is 0.231. The number of benzene rings is 3. The lowest BCUT2D eigenvalue weighted by Gasteiger charge is -2.25. The summed E-state index contributed by atoms with van der Waals surface area (Å²) in [6.07, 6.45) is 0. The van der Waals surface area contributed by atoms with E-state index in [1.54, 1.807) is 62.4 Å². The molecular formula is C26H28N2O6S. The van der Waals surface area contributed by atoms with Gasteiger partial charge >= 0.3 is 5.97 Å². The van der Waals surface area contributed by atoms with Crippen molar-refractivity contribution in [3.63, 3.8) is 0 Å². The van der Waals surface area contributed by atoms with Gasteiger partial charge in [0.05, 0.1) is 25.0 Å². The van der Waals surface area contributed by atoms with Crippen LogP contribution in [0.5, 0.6) is 5.75 Å². The van der Waals surface area contributed by atoms with Crippen molar-refractivity contribution in [2.45, 2.75) is 25.7 Å². The Labute approximate surface area is 205 Å². The van der Waals surface area contributed by atoms with E-state index in [1.807, 2.05) is 6.92 Å². The summed E-state index contributed by atoms with van der Waals surface area (Å²) in [6, 6.07) is 17.9. The Morgan fingerprint density at radius 1 is 0.914 bits per heavy atom. The van der Waals surface area contributed by atoms with Gasteiger partial charge in [0.1, 0.15) is 17.2 Å². The third-order valence-corrected chi connectivity index (χ3v) is 6.97. The molecule has 0 saturated heterocycles. The van der Waals surface area contributed by atoms with Gasteiger partial charge in [0.15, 0.2) is 0 Å². The van der Waals surface area contributed by atoms with Gasteiger partial charge in [-0.25, -0.2) is 13.2 Å². The van der Waals surface area contributed by atoms with Crippen LogP contribution >= 0.6 is 0 Å². The van der Waals surface area contributed by atoms with Gasteiger partial charge in [-0.2, -0.15) is 0 Å². The van der Waals surface area contributed by atoms with Gasteiger partial charge in [-0.3, -0.25) is 9.10 Å². The lowest BCUT2D eigenvalue weighted by atomic mass is 10.2. The van der Waals surface area contributed by atoms with Crippen molar-refractivity contribution < 1.29 is 27.5 Å². The maximum absolute atomic E-state index is 13.7. The first-order valence-corrected chi connectivity index (χ1v) is 12.4. The molecule has 184 valence electrons. The normalized spacial score (nSPS) is 11.0. The van der Waals surface area contributed by atoms with Gasteiger partial charge in [-0.15, -0.1) is 0 Å². The Morgan fingerprint density at radius 2 is 1.54 bits per heavy atom. The first kappa shape index (κ1) is 25.8. The second kappa shape index (κ2) is 11.1. The molecular weight excluding hydrogens is 468 g/mol. The Bertz CT molecular complexity index is 1300. The molecule has 0 aromatic heterocycles. The number of nitrogens with one attached hydrogen (secondary N) is 1. The van der Waals surface area contributed by atoms with Gasteiger partial charge in [0, 0.05) is 5.69 Å². The van der Waals surface area contributed by atoms with E-state index < -0.39 is 28.4 Å². The number of ether oxygens (including phenoxy) is 2.